The molecule has 1 atom stereocenters. The van der Waals surface area contributed by atoms with E-state index in [2.05, 4.69) is 4.57 Å². The van der Waals surface area contributed by atoms with Crippen molar-refractivity contribution in [3.8, 4) is 0 Å². The Morgan fingerprint density at radius 2 is 2.19 bits per heavy atom. The molecular weight excluding hydrogens is 354 g/mol. The quantitative estimate of drug-likeness (QED) is 0.593. The Hall–Kier alpha value is -1.05. The second-order valence-corrected chi connectivity index (χ2v) is 6.21. The highest BCUT2D eigenvalue weighted by molar-refractivity contribution is 7.99. The smallest absolute Gasteiger partial charge is 0.319 e. The van der Waals surface area contributed by atoms with E-state index in [0.29, 0.717) is 18.8 Å². The highest BCUT2D eigenvalue weighted by Crippen LogP contribution is 2.26. The second-order valence-electron chi connectivity index (χ2n) is 5.22. The SMILES string of the molecule is CN(C)C(=O)Cn1c2[n+](c3ccccc31)CC(O)CS2.[Br-]. The molecule has 1 aromatic carbocycles. The summed E-state index contributed by atoms with van der Waals surface area (Å²) in [5, 5.41) is 10.9. The largest absolute Gasteiger partial charge is 1.00 e. The lowest BCUT2D eigenvalue weighted by atomic mass is 10.3. The Kier molecular flexibility index (Phi) is 4.95. The topological polar surface area (TPSA) is 49.4 Å². The Bertz CT molecular complexity index is 672. The molecule has 1 amide bonds. The van der Waals surface area contributed by atoms with Crippen molar-refractivity contribution in [1.29, 1.82) is 0 Å². The van der Waals surface area contributed by atoms with E-state index in [1.807, 2.05) is 28.8 Å². The van der Waals surface area contributed by atoms with E-state index in [1.54, 1.807) is 30.8 Å². The van der Waals surface area contributed by atoms with Gasteiger partial charge in [-0.15, -0.1) is 0 Å². The number of nitrogens with zero attached hydrogens (tertiary/aromatic N) is 3. The number of hydrogen-bond acceptors (Lipinski definition) is 3. The number of likely N-dealkylation sites (N-methyl/N-ethyl adjacent to an activating group) is 1. The van der Waals surface area contributed by atoms with Gasteiger partial charge in [0.05, 0.1) is 0 Å². The van der Waals surface area contributed by atoms with Crippen LogP contribution in [0.3, 0.4) is 0 Å². The summed E-state index contributed by atoms with van der Waals surface area (Å²) in [6.07, 6.45) is -0.332. The van der Waals surface area contributed by atoms with E-state index in [0.717, 1.165) is 16.2 Å². The van der Waals surface area contributed by atoms with Gasteiger partial charge in [-0.05, 0) is 23.9 Å². The van der Waals surface area contributed by atoms with Crippen LogP contribution in [0.25, 0.3) is 11.0 Å². The Labute approximate surface area is 138 Å². The number of aromatic nitrogens is 2. The minimum Gasteiger partial charge on any atom is -1.00 e. The van der Waals surface area contributed by atoms with Gasteiger partial charge in [-0.3, -0.25) is 4.79 Å². The van der Waals surface area contributed by atoms with Crippen molar-refractivity contribution in [2.24, 2.45) is 0 Å². The predicted molar refractivity (Wildman–Crippen MR) is 77.6 cm³/mol. The van der Waals surface area contributed by atoms with Gasteiger partial charge in [0.25, 0.3) is 5.91 Å². The zero-order valence-electron chi connectivity index (χ0n) is 12.0. The monoisotopic (exact) mass is 371 g/mol. The van der Waals surface area contributed by atoms with E-state index in [-0.39, 0.29) is 29.0 Å². The number of benzene rings is 1. The van der Waals surface area contributed by atoms with Crippen molar-refractivity contribution >= 4 is 28.7 Å². The Morgan fingerprint density at radius 3 is 2.90 bits per heavy atom. The molecule has 1 aliphatic heterocycles. The molecular formula is C14H18BrN3O2S. The third kappa shape index (κ3) is 2.95. The predicted octanol–water partition coefficient (Wildman–Crippen LogP) is -2.51. The van der Waals surface area contributed by atoms with Gasteiger partial charge in [0.2, 0.25) is 0 Å². The fourth-order valence-electron chi connectivity index (χ4n) is 2.47. The summed E-state index contributed by atoms with van der Waals surface area (Å²) < 4.78 is 4.16. The number of para-hydroxylation sites is 2. The van der Waals surface area contributed by atoms with E-state index in [1.165, 1.54) is 0 Å². The van der Waals surface area contributed by atoms with Gasteiger partial charge in [-0.25, -0.2) is 9.13 Å². The third-order valence-electron chi connectivity index (χ3n) is 3.52. The molecule has 0 radical (unpaired) electrons. The number of carbonyl (C=O) groups excluding carboxylic acids is 1. The fourth-order valence-corrected chi connectivity index (χ4v) is 3.56. The van der Waals surface area contributed by atoms with Crippen molar-refractivity contribution in [2.45, 2.75) is 24.3 Å². The maximum atomic E-state index is 12.0. The number of aliphatic hydroxyl groups is 1. The average Bonchev–Trinajstić information content (AvgIpc) is 2.73. The maximum Gasteiger partial charge on any atom is 0.319 e. The maximum absolute atomic E-state index is 12.0. The number of hydrogen-bond donors (Lipinski definition) is 1. The number of fused-ring (bicyclic) bond motifs is 3. The molecule has 1 aliphatic rings. The lowest BCUT2D eigenvalue weighted by Crippen LogP contribution is -3.00. The molecule has 0 saturated carbocycles. The normalized spacial score (nSPS) is 17.2. The number of halogens is 1. The zero-order valence-corrected chi connectivity index (χ0v) is 14.4. The summed E-state index contributed by atoms with van der Waals surface area (Å²) in [5.41, 5.74) is 2.11. The first-order valence-electron chi connectivity index (χ1n) is 6.60. The summed E-state index contributed by atoms with van der Waals surface area (Å²) in [6.45, 7) is 0.922. The van der Waals surface area contributed by atoms with Crippen LogP contribution in [-0.4, -0.2) is 46.4 Å². The van der Waals surface area contributed by atoms with Gasteiger partial charge in [0.15, 0.2) is 17.6 Å². The molecule has 0 bridgehead atoms. The van der Waals surface area contributed by atoms with Crippen LogP contribution in [0.5, 0.6) is 0 Å². The highest BCUT2D eigenvalue weighted by atomic mass is 79.9. The van der Waals surface area contributed by atoms with Gasteiger partial charge < -0.3 is 27.0 Å². The van der Waals surface area contributed by atoms with Gasteiger partial charge >= 0.3 is 5.16 Å². The van der Waals surface area contributed by atoms with E-state index in [4.69, 9.17) is 0 Å². The zero-order chi connectivity index (χ0) is 14.3. The number of carbonyl (C=O) groups is 1. The van der Waals surface area contributed by atoms with Gasteiger partial charge in [-0.2, -0.15) is 0 Å². The third-order valence-corrected chi connectivity index (χ3v) is 4.77. The van der Waals surface area contributed by atoms with Crippen LogP contribution in [0, 0.1) is 0 Å². The van der Waals surface area contributed by atoms with Crippen molar-refractivity contribution in [1.82, 2.24) is 9.47 Å². The standard InChI is InChI=1S/C14H18N3O2S.BrH/c1-15(2)13(19)8-17-12-6-4-3-5-11(12)16-7-10(18)9-20-14(16)17;/h3-6,10,18H,7-9H2,1-2H3;1H/q+1;/p-1. The molecule has 0 aliphatic carbocycles. The van der Waals surface area contributed by atoms with Crippen molar-refractivity contribution in [3.05, 3.63) is 24.3 Å². The van der Waals surface area contributed by atoms with Crippen LogP contribution in [0.2, 0.25) is 0 Å². The molecule has 2 aromatic rings. The van der Waals surface area contributed by atoms with E-state index in [9.17, 15) is 9.90 Å². The Morgan fingerprint density at radius 1 is 1.48 bits per heavy atom. The molecule has 0 spiro atoms. The number of rotatable bonds is 2. The summed E-state index contributed by atoms with van der Waals surface area (Å²) in [4.78, 5) is 13.6. The first kappa shape index (κ1) is 16.3. The summed E-state index contributed by atoms with van der Waals surface area (Å²) in [6, 6.07) is 8.02. The van der Waals surface area contributed by atoms with Crippen molar-refractivity contribution < 1.29 is 31.4 Å². The summed E-state index contributed by atoms with van der Waals surface area (Å²) >= 11 is 1.61. The molecule has 7 heteroatoms. The molecule has 21 heavy (non-hydrogen) atoms. The number of aliphatic hydroxyl groups excluding tert-OH is 1. The van der Waals surface area contributed by atoms with Crippen LogP contribution in [0.1, 0.15) is 0 Å². The molecule has 0 fully saturated rings. The first-order valence-corrected chi connectivity index (χ1v) is 7.58. The molecule has 1 unspecified atom stereocenters. The number of amides is 1. The lowest BCUT2D eigenvalue weighted by molar-refractivity contribution is -0.717. The Balaban J connectivity index is 0.00000161. The average molecular weight is 372 g/mol. The second kappa shape index (κ2) is 6.37. The molecule has 114 valence electrons. The molecule has 2 heterocycles. The fraction of sp³-hybridized carbons (Fsp3) is 0.429. The summed E-state index contributed by atoms with van der Waals surface area (Å²) in [7, 11) is 3.54. The van der Waals surface area contributed by atoms with E-state index >= 15 is 0 Å². The van der Waals surface area contributed by atoms with Gasteiger partial charge in [0.1, 0.15) is 12.6 Å². The van der Waals surface area contributed by atoms with Crippen molar-refractivity contribution in [2.75, 3.05) is 19.8 Å². The number of imidazole rings is 1. The lowest BCUT2D eigenvalue weighted by Gasteiger charge is -2.15. The molecule has 1 aromatic heterocycles. The van der Waals surface area contributed by atoms with Gasteiger partial charge in [0, 0.05) is 19.8 Å². The van der Waals surface area contributed by atoms with Crippen LogP contribution >= 0.6 is 11.8 Å². The van der Waals surface area contributed by atoms with Crippen LogP contribution in [-0.2, 0) is 17.9 Å². The summed E-state index contributed by atoms with van der Waals surface area (Å²) in [5.74, 6) is 0.743. The van der Waals surface area contributed by atoms with Crippen LogP contribution < -0.4 is 21.5 Å². The minimum absolute atomic E-state index is 0. The van der Waals surface area contributed by atoms with Crippen molar-refractivity contribution in [3.63, 3.8) is 0 Å². The van der Waals surface area contributed by atoms with Crippen LogP contribution in [0.15, 0.2) is 29.4 Å². The van der Waals surface area contributed by atoms with Gasteiger partial charge in [-0.1, -0.05) is 12.1 Å². The molecule has 1 N–H and O–H groups in total. The molecule has 0 saturated heterocycles. The van der Waals surface area contributed by atoms with E-state index < -0.39 is 0 Å². The minimum atomic E-state index is -0.332. The highest BCUT2D eigenvalue weighted by Gasteiger charge is 2.32. The van der Waals surface area contributed by atoms with Crippen LogP contribution in [0.4, 0.5) is 0 Å². The number of thioether (sulfide) groups is 1. The molecule has 5 nitrogen and oxygen atoms in total. The first-order chi connectivity index (χ1) is 9.58. The molecule has 3 rings (SSSR count).